The summed E-state index contributed by atoms with van der Waals surface area (Å²) in [6.07, 6.45) is 1.06. The Morgan fingerprint density at radius 3 is 2.92 bits per heavy atom. The number of aryl methyl sites for hydroxylation is 3. The van der Waals surface area contributed by atoms with Crippen LogP contribution < -0.4 is 0 Å². The molecule has 2 rings (SSSR count). The van der Waals surface area contributed by atoms with E-state index in [0.717, 1.165) is 11.4 Å². The average Bonchev–Trinajstić information content (AvgIpc) is 2.52. The maximum absolute atomic E-state index is 4.49. The first-order valence-electron chi connectivity index (χ1n) is 4.16. The molecular formula is C9H12N2S. The van der Waals surface area contributed by atoms with Crippen LogP contribution in [0.4, 0.5) is 0 Å². The molecule has 3 heteroatoms. The number of imidazole rings is 1. The van der Waals surface area contributed by atoms with E-state index in [-0.39, 0.29) is 0 Å². The highest BCUT2D eigenvalue weighted by molar-refractivity contribution is 7.15. The van der Waals surface area contributed by atoms with Crippen molar-refractivity contribution < 1.29 is 0 Å². The van der Waals surface area contributed by atoms with Crippen molar-refractivity contribution in [3.63, 3.8) is 0 Å². The molecule has 0 aromatic carbocycles. The quantitative estimate of drug-likeness (QED) is 0.659. The predicted molar refractivity (Wildman–Crippen MR) is 51.9 cm³/mol. The number of nitrogens with zero attached hydrogens (tertiary/aromatic N) is 2. The van der Waals surface area contributed by atoms with Crippen LogP contribution in [-0.4, -0.2) is 9.38 Å². The number of fused-ring (bicyclic) bond motifs is 1. The topological polar surface area (TPSA) is 17.3 Å². The second kappa shape index (κ2) is 2.59. The summed E-state index contributed by atoms with van der Waals surface area (Å²) in [5.74, 6) is 0. The van der Waals surface area contributed by atoms with Gasteiger partial charge in [0.15, 0.2) is 4.96 Å². The van der Waals surface area contributed by atoms with Gasteiger partial charge in [-0.25, -0.2) is 4.98 Å². The summed E-state index contributed by atoms with van der Waals surface area (Å²) in [5, 5.41) is 2.15. The van der Waals surface area contributed by atoms with E-state index < -0.39 is 0 Å². The van der Waals surface area contributed by atoms with E-state index >= 15 is 0 Å². The van der Waals surface area contributed by atoms with Crippen LogP contribution in [0.3, 0.4) is 0 Å². The zero-order chi connectivity index (χ0) is 8.72. The Balaban J connectivity index is 2.84. The van der Waals surface area contributed by atoms with Gasteiger partial charge in [0, 0.05) is 16.8 Å². The predicted octanol–water partition coefficient (Wildman–Crippen LogP) is 2.58. The minimum absolute atomic E-state index is 1.06. The van der Waals surface area contributed by atoms with Crippen molar-refractivity contribution in [3.05, 3.63) is 22.5 Å². The molecule has 2 aromatic rings. The lowest BCUT2D eigenvalue weighted by atomic mass is 10.3. The maximum atomic E-state index is 4.49. The number of rotatable bonds is 1. The molecule has 2 aromatic heterocycles. The summed E-state index contributed by atoms with van der Waals surface area (Å²) in [6.45, 7) is 6.38. The average molecular weight is 180 g/mol. The zero-order valence-electron chi connectivity index (χ0n) is 7.59. The highest BCUT2D eigenvalue weighted by atomic mass is 32.1. The fraction of sp³-hybridized carbons (Fsp3) is 0.444. The standard InChI is InChI=1S/C9H12N2S/c1-4-8-7(3)10-9-11(8)6(2)5-12-9/h5H,4H2,1-3H3. The molecular weight excluding hydrogens is 168 g/mol. The van der Waals surface area contributed by atoms with E-state index in [1.807, 2.05) is 0 Å². The van der Waals surface area contributed by atoms with Crippen LogP contribution in [0.1, 0.15) is 24.0 Å². The molecule has 0 N–H and O–H groups in total. The summed E-state index contributed by atoms with van der Waals surface area (Å²) >= 11 is 1.72. The van der Waals surface area contributed by atoms with Gasteiger partial charge in [-0.1, -0.05) is 6.92 Å². The second-order valence-electron chi connectivity index (χ2n) is 2.99. The lowest BCUT2D eigenvalue weighted by Gasteiger charge is -1.96. The fourth-order valence-electron chi connectivity index (χ4n) is 1.58. The summed E-state index contributed by atoms with van der Waals surface area (Å²) < 4.78 is 2.25. The minimum Gasteiger partial charge on any atom is -0.292 e. The summed E-state index contributed by atoms with van der Waals surface area (Å²) in [4.78, 5) is 5.61. The van der Waals surface area contributed by atoms with Gasteiger partial charge in [0.1, 0.15) is 0 Å². The van der Waals surface area contributed by atoms with E-state index in [1.165, 1.54) is 17.1 Å². The second-order valence-corrected chi connectivity index (χ2v) is 3.83. The Labute approximate surface area is 75.9 Å². The monoisotopic (exact) mass is 180 g/mol. The number of hydrogen-bond acceptors (Lipinski definition) is 2. The van der Waals surface area contributed by atoms with Crippen LogP contribution in [0.5, 0.6) is 0 Å². The van der Waals surface area contributed by atoms with Crippen molar-refractivity contribution in [1.82, 2.24) is 9.38 Å². The molecule has 0 amide bonds. The van der Waals surface area contributed by atoms with E-state index in [4.69, 9.17) is 0 Å². The molecule has 0 aliphatic carbocycles. The van der Waals surface area contributed by atoms with Gasteiger partial charge in [0.05, 0.1) is 5.69 Å². The van der Waals surface area contributed by atoms with Crippen LogP contribution in [0.15, 0.2) is 5.38 Å². The third kappa shape index (κ3) is 0.894. The lowest BCUT2D eigenvalue weighted by Crippen LogP contribution is -1.92. The molecule has 2 heterocycles. The third-order valence-corrected chi connectivity index (χ3v) is 3.11. The molecule has 0 saturated heterocycles. The van der Waals surface area contributed by atoms with Gasteiger partial charge in [-0.05, 0) is 20.3 Å². The van der Waals surface area contributed by atoms with Crippen LogP contribution in [0.25, 0.3) is 4.96 Å². The molecule has 0 saturated carbocycles. The van der Waals surface area contributed by atoms with Gasteiger partial charge < -0.3 is 0 Å². The number of thiazole rings is 1. The fourth-order valence-corrected chi connectivity index (χ4v) is 2.51. The summed E-state index contributed by atoms with van der Waals surface area (Å²) in [6, 6.07) is 0. The van der Waals surface area contributed by atoms with Crippen LogP contribution >= 0.6 is 11.3 Å². The van der Waals surface area contributed by atoms with E-state index in [9.17, 15) is 0 Å². The minimum atomic E-state index is 1.06. The molecule has 0 aliphatic rings. The first-order valence-corrected chi connectivity index (χ1v) is 5.04. The van der Waals surface area contributed by atoms with Crippen molar-refractivity contribution >= 4 is 16.3 Å². The van der Waals surface area contributed by atoms with Crippen molar-refractivity contribution in [2.24, 2.45) is 0 Å². The Hall–Kier alpha value is -0.830. The van der Waals surface area contributed by atoms with E-state index in [2.05, 4.69) is 35.5 Å². The van der Waals surface area contributed by atoms with E-state index in [1.54, 1.807) is 11.3 Å². The highest BCUT2D eigenvalue weighted by Gasteiger charge is 2.09. The molecule has 0 radical (unpaired) electrons. The molecule has 0 aliphatic heterocycles. The van der Waals surface area contributed by atoms with Gasteiger partial charge in [-0.15, -0.1) is 11.3 Å². The number of aromatic nitrogens is 2. The zero-order valence-corrected chi connectivity index (χ0v) is 8.40. The maximum Gasteiger partial charge on any atom is 0.194 e. The molecule has 0 fully saturated rings. The highest BCUT2D eigenvalue weighted by Crippen LogP contribution is 2.20. The molecule has 12 heavy (non-hydrogen) atoms. The van der Waals surface area contributed by atoms with Gasteiger partial charge in [-0.2, -0.15) is 0 Å². The first kappa shape index (κ1) is 7.80. The van der Waals surface area contributed by atoms with E-state index in [0.29, 0.717) is 0 Å². The van der Waals surface area contributed by atoms with Gasteiger partial charge >= 0.3 is 0 Å². The van der Waals surface area contributed by atoms with Gasteiger partial charge in [-0.3, -0.25) is 4.40 Å². The van der Waals surface area contributed by atoms with Crippen molar-refractivity contribution in [1.29, 1.82) is 0 Å². The smallest absolute Gasteiger partial charge is 0.194 e. The van der Waals surface area contributed by atoms with Crippen LogP contribution in [-0.2, 0) is 6.42 Å². The van der Waals surface area contributed by atoms with Crippen molar-refractivity contribution in [2.45, 2.75) is 27.2 Å². The SMILES string of the molecule is CCc1c(C)nc2scc(C)n12. The molecule has 0 unspecified atom stereocenters. The van der Waals surface area contributed by atoms with Crippen molar-refractivity contribution in [2.75, 3.05) is 0 Å². The van der Waals surface area contributed by atoms with Crippen LogP contribution in [0.2, 0.25) is 0 Å². The lowest BCUT2D eigenvalue weighted by molar-refractivity contribution is 0.958. The summed E-state index contributed by atoms with van der Waals surface area (Å²) in [7, 11) is 0. The molecule has 0 bridgehead atoms. The first-order chi connectivity index (χ1) is 5.74. The normalized spacial score (nSPS) is 11.2. The van der Waals surface area contributed by atoms with Crippen molar-refractivity contribution in [3.8, 4) is 0 Å². The Morgan fingerprint density at radius 2 is 2.25 bits per heavy atom. The molecule has 2 nitrogen and oxygen atoms in total. The Bertz CT molecular complexity index is 411. The molecule has 64 valence electrons. The summed E-state index contributed by atoms with van der Waals surface area (Å²) in [5.41, 5.74) is 3.82. The Kier molecular flexibility index (Phi) is 1.68. The van der Waals surface area contributed by atoms with Crippen LogP contribution in [0, 0.1) is 13.8 Å². The third-order valence-electron chi connectivity index (χ3n) is 2.16. The molecule has 0 atom stereocenters. The largest absolute Gasteiger partial charge is 0.292 e. The number of hydrogen-bond donors (Lipinski definition) is 0. The van der Waals surface area contributed by atoms with Gasteiger partial charge in [0.2, 0.25) is 0 Å². The Morgan fingerprint density at radius 1 is 1.50 bits per heavy atom. The van der Waals surface area contributed by atoms with Gasteiger partial charge in [0.25, 0.3) is 0 Å². The molecule has 0 spiro atoms.